The minimum atomic E-state index is -0.817. The van der Waals surface area contributed by atoms with Crippen LogP contribution in [0.5, 0.6) is 0 Å². The monoisotopic (exact) mass is 361 g/mol. The van der Waals surface area contributed by atoms with E-state index in [1.54, 1.807) is 0 Å². The summed E-state index contributed by atoms with van der Waals surface area (Å²) in [7, 11) is 0. The lowest BCUT2D eigenvalue weighted by molar-refractivity contribution is -0.151. The molecule has 0 saturated carbocycles. The van der Waals surface area contributed by atoms with Gasteiger partial charge in [0.05, 0.1) is 19.6 Å². The van der Waals surface area contributed by atoms with E-state index in [1.165, 1.54) is 10.5 Å². The molecule has 0 spiro atoms. The molecule has 1 aliphatic rings. The summed E-state index contributed by atoms with van der Waals surface area (Å²) in [6, 6.07) is 5.06. The van der Waals surface area contributed by atoms with Gasteiger partial charge >= 0.3 is 5.97 Å². The van der Waals surface area contributed by atoms with E-state index >= 15 is 0 Å². The summed E-state index contributed by atoms with van der Waals surface area (Å²) in [6.07, 6.45) is 0.590. The number of carbonyl (C=O) groups excluding carboxylic acids is 3. The lowest BCUT2D eigenvalue weighted by atomic mass is 10.1. The number of esters is 1. The SMILES string of the molecule is CCCOC(=O)CC1C(=O)NCCN1C(=O)CNc1ccc(C)c(C)c1. The number of aryl methyl sites for hydroxylation is 2. The average Bonchev–Trinajstić information content (AvgIpc) is 2.62. The van der Waals surface area contributed by atoms with E-state index in [4.69, 9.17) is 4.74 Å². The largest absolute Gasteiger partial charge is 0.466 e. The van der Waals surface area contributed by atoms with Crippen molar-refractivity contribution >= 4 is 23.5 Å². The third-order valence-corrected chi connectivity index (χ3v) is 4.43. The zero-order valence-corrected chi connectivity index (χ0v) is 15.6. The molecule has 1 saturated heterocycles. The van der Waals surface area contributed by atoms with Gasteiger partial charge < -0.3 is 20.3 Å². The molecule has 7 heteroatoms. The number of carbonyl (C=O) groups is 3. The van der Waals surface area contributed by atoms with E-state index < -0.39 is 12.0 Å². The highest BCUT2D eigenvalue weighted by atomic mass is 16.5. The third kappa shape index (κ3) is 5.21. The second kappa shape index (κ2) is 9.22. The number of amides is 2. The van der Waals surface area contributed by atoms with Gasteiger partial charge in [0.15, 0.2) is 0 Å². The molecule has 1 unspecified atom stereocenters. The number of nitrogens with one attached hydrogen (secondary N) is 2. The van der Waals surface area contributed by atoms with Gasteiger partial charge in [-0.15, -0.1) is 0 Å². The summed E-state index contributed by atoms with van der Waals surface area (Å²) in [5.74, 6) is -0.996. The molecular formula is C19H27N3O4. The topological polar surface area (TPSA) is 87.7 Å². The third-order valence-electron chi connectivity index (χ3n) is 4.43. The zero-order chi connectivity index (χ0) is 19.1. The Kier molecular flexibility index (Phi) is 7.00. The molecule has 26 heavy (non-hydrogen) atoms. The van der Waals surface area contributed by atoms with Crippen LogP contribution < -0.4 is 10.6 Å². The second-order valence-corrected chi connectivity index (χ2v) is 6.47. The minimum absolute atomic E-state index is 0.0658. The lowest BCUT2D eigenvalue weighted by Gasteiger charge is -2.34. The summed E-state index contributed by atoms with van der Waals surface area (Å²) in [5.41, 5.74) is 3.17. The zero-order valence-electron chi connectivity index (χ0n) is 15.6. The van der Waals surface area contributed by atoms with Crippen LogP contribution in [0, 0.1) is 13.8 Å². The number of piperazine rings is 1. The Morgan fingerprint density at radius 2 is 2.08 bits per heavy atom. The molecule has 1 fully saturated rings. The molecular weight excluding hydrogens is 334 g/mol. The fourth-order valence-corrected chi connectivity index (χ4v) is 2.78. The minimum Gasteiger partial charge on any atom is -0.466 e. The molecule has 1 heterocycles. The van der Waals surface area contributed by atoms with Crippen molar-refractivity contribution in [2.24, 2.45) is 0 Å². The maximum absolute atomic E-state index is 12.6. The van der Waals surface area contributed by atoms with Crippen LogP contribution in [-0.2, 0) is 19.1 Å². The van der Waals surface area contributed by atoms with Gasteiger partial charge in [0.2, 0.25) is 11.8 Å². The van der Waals surface area contributed by atoms with Crippen molar-refractivity contribution in [2.75, 3.05) is 31.6 Å². The van der Waals surface area contributed by atoms with Crippen LogP contribution in [0.3, 0.4) is 0 Å². The number of hydrogen-bond donors (Lipinski definition) is 2. The molecule has 0 aromatic heterocycles. The molecule has 2 amide bonds. The van der Waals surface area contributed by atoms with Gasteiger partial charge in [-0.2, -0.15) is 0 Å². The summed E-state index contributed by atoms with van der Waals surface area (Å²) in [4.78, 5) is 38.1. The number of hydrogen-bond acceptors (Lipinski definition) is 5. The van der Waals surface area contributed by atoms with Gasteiger partial charge in [-0.25, -0.2) is 0 Å². The first-order valence-electron chi connectivity index (χ1n) is 8.96. The Morgan fingerprint density at radius 3 is 2.77 bits per heavy atom. The first-order chi connectivity index (χ1) is 12.4. The number of nitrogens with zero attached hydrogens (tertiary/aromatic N) is 1. The summed E-state index contributed by atoms with van der Waals surface area (Å²) < 4.78 is 5.05. The van der Waals surface area contributed by atoms with Gasteiger partial charge in [0.25, 0.3) is 0 Å². The predicted octanol–water partition coefficient (Wildman–Crippen LogP) is 1.39. The number of anilines is 1. The molecule has 1 aromatic carbocycles. The van der Waals surface area contributed by atoms with Crippen LogP contribution in [0.25, 0.3) is 0 Å². The first kappa shape index (κ1) is 19.8. The van der Waals surface area contributed by atoms with Crippen molar-refractivity contribution in [3.05, 3.63) is 29.3 Å². The van der Waals surface area contributed by atoms with E-state index in [1.807, 2.05) is 39.0 Å². The summed E-state index contributed by atoms with van der Waals surface area (Å²) >= 11 is 0. The van der Waals surface area contributed by atoms with Crippen molar-refractivity contribution < 1.29 is 19.1 Å². The maximum atomic E-state index is 12.6. The quantitative estimate of drug-likeness (QED) is 0.717. The fourth-order valence-electron chi connectivity index (χ4n) is 2.78. The lowest BCUT2D eigenvalue weighted by Crippen LogP contribution is -2.58. The Morgan fingerprint density at radius 1 is 1.31 bits per heavy atom. The Bertz CT molecular complexity index is 675. The van der Waals surface area contributed by atoms with Crippen LogP contribution >= 0.6 is 0 Å². The highest BCUT2D eigenvalue weighted by Crippen LogP contribution is 2.15. The molecule has 0 bridgehead atoms. The Balaban J connectivity index is 1.98. The maximum Gasteiger partial charge on any atom is 0.308 e. The van der Waals surface area contributed by atoms with Gasteiger partial charge in [-0.3, -0.25) is 14.4 Å². The van der Waals surface area contributed by atoms with Crippen LogP contribution in [-0.4, -0.2) is 55.0 Å². The smallest absolute Gasteiger partial charge is 0.308 e. The fraction of sp³-hybridized carbons (Fsp3) is 0.526. The molecule has 142 valence electrons. The molecule has 1 atom stereocenters. The van der Waals surface area contributed by atoms with E-state index in [9.17, 15) is 14.4 Å². The molecule has 0 radical (unpaired) electrons. The van der Waals surface area contributed by atoms with Gasteiger partial charge in [-0.1, -0.05) is 13.0 Å². The molecule has 2 rings (SSSR count). The summed E-state index contributed by atoms with van der Waals surface area (Å²) in [6.45, 7) is 7.08. The molecule has 1 aliphatic heterocycles. The highest BCUT2D eigenvalue weighted by molar-refractivity contribution is 5.93. The summed E-state index contributed by atoms with van der Waals surface area (Å²) in [5, 5.41) is 5.80. The Hall–Kier alpha value is -2.57. The van der Waals surface area contributed by atoms with E-state index in [2.05, 4.69) is 10.6 Å². The average molecular weight is 361 g/mol. The van der Waals surface area contributed by atoms with Crippen molar-refractivity contribution in [3.8, 4) is 0 Å². The van der Waals surface area contributed by atoms with Gasteiger partial charge in [-0.05, 0) is 43.5 Å². The Labute approximate surface area is 154 Å². The van der Waals surface area contributed by atoms with Crippen molar-refractivity contribution in [1.82, 2.24) is 10.2 Å². The molecule has 0 aliphatic carbocycles. The number of rotatable bonds is 7. The van der Waals surface area contributed by atoms with Gasteiger partial charge in [0, 0.05) is 18.8 Å². The van der Waals surface area contributed by atoms with E-state index in [-0.39, 0.29) is 24.8 Å². The standard InChI is InChI=1S/C19H27N3O4/c1-4-9-26-18(24)11-16-19(25)20-7-8-22(16)17(23)12-21-15-6-5-13(2)14(3)10-15/h5-6,10,16,21H,4,7-9,11-12H2,1-3H3,(H,20,25). The van der Waals surface area contributed by atoms with Crippen LogP contribution in [0.1, 0.15) is 30.9 Å². The normalized spacial score (nSPS) is 16.8. The molecule has 7 nitrogen and oxygen atoms in total. The van der Waals surface area contributed by atoms with Crippen molar-refractivity contribution in [1.29, 1.82) is 0 Å². The molecule has 1 aromatic rings. The van der Waals surface area contributed by atoms with Crippen LogP contribution in [0.15, 0.2) is 18.2 Å². The van der Waals surface area contributed by atoms with Crippen LogP contribution in [0.4, 0.5) is 5.69 Å². The van der Waals surface area contributed by atoms with Crippen molar-refractivity contribution in [2.45, 2.75) is 39.7 Å². The van der Waals surface area contributed by atoms with E-state index in [0.717, 1.165) is 11.3 Å². The second-order valence-electron chi connectivity index (χ2n) is 6.47. The van der Waals surface area contributed by atoms with Crippen LogP contribution in [0.2, 0.25) is 0 Å². The van der Waals surface area contributed by atoms with Gasteiger partial charge in [0.1, 0.15) is 6.04 Å². The molecule has 2 N–H and O–H groups in total. The number of benzene rings is 1. The number of ether oxygens (including phenoxy) is 1. The van der Waals surface area contributed by atoms with E-state index in [0.29, 0.717) is 26.1 Å². The first-order valence-corrected chi connectivity index (χ1v) is 8.96. The van der Waals surface area contributed by atoms with Crippen molar-refractivity contribution in [3.63, 3.8) is 0 Å². The predicted molar refractivity (Wildman–Crippen MR) is 98.8 cm³/mol. The highest BCUT2D eigenvalue weighted by Gasteiger charge is 2.34.